The van der Waals surface area contributed by atoms with Gasteiger partial charge in [0.15, 0.2) is 11.5 Å². The van der Waals surface area contributed by atoms with Crippen molar-refractivity contribution in [2.75, 3.05) is 0 Å². The average Bonchev–Trinajstić information content (AvgIpc) is 3.11. The van der Waals surface area contributed by atoms with Crippen molar-refractivity contribution in [1.82, 2.24) is 24.7 Å². The van der Waals surface area contributed by atoms with Gasteiger partial charge in [0.1, 0.15) is 12.9 Å². The molecule has 2 aliphatic rings. The van der Waals surface area contributed by atoms with Gasteiger partial charge in [-0.05, 0) is 47.9 Å². The molecule has 2 aliphatic carbocycles. The van der Waals surface area contributed by atoms with Crippen LogP contribution in [0.3, 0.4) is 0 Å². The monoisotopic (exact) mass is 401 g/mol. The number of hydrogen-bond acceptors (Lipinski definition) is 6. The van der Waals surface area contributed by atoms with Gasteiger partial charge in [-0.15, -0.1) is 0 Å². The largest absolute Gasteiger partial charge is 0.337 e. The molecular weight excluding hydrogens is 378 g/mol. The molecule has 0 radical (unpaired) electrons. The highest BCUT2D eigenvalue weighted by atomic mass is 16.5. The van der Waals surface area contributed by atoms with Gasteiger partial charge in [0.2, 0.25) is 5.89 Å². The second-order valence-corrected chi connectivity index (χ2v) is 7.67. The van der Waals surface area contributed by atoms with Crippen molar-refractivity contribution in [2.24, 2.45) is 5.92 Å². The van der Waals surface area contributed by atoms with E-state index in [1.165, 1.54) is 22.0 Å². The molecule has 0 unspecified atom stereocenters. The molecule has 30 heavy (non-hydrogen) atoms. The Labute approximate surface area is 173 Å². The third-order valence-electron chi connectivity index (χ3n) is 6.06. The molecule has 1 aromatic carbocycles. The summed E-state index contributed by atoms with van der Waals surface area (Å²) in [5.41, 5.74) is 4.02. The molecule has 0 spiro atoms. The normalized spacial score (nSPS) is 21.0. The second kappa shape index (κ2) is 7.16. The SMILES string of the molecule is CC.Cc1ccnc2ncn(Cc3nc([C@H]4[C@@H]5Cc6ccccc6[C@@H]54)no3)c(=O)c12. The summed E-state index contributed by atoms with van der Waals surface area (Å²) in [5.74, 6) is 2.57. The van der Waals surface area contributed by atoms with Gasteiger partial charge in [-0.25, -0.2) is 9.97 Å². The zero-order valence-electron chi connectivity index (χ0n) is 17.2. The van der Waals surface area contributed by atoms with Crippen molar-refractivity contribution in [3.05, 3.63) is 81.6 Å². The van der Waals surface area contributed by atoms with Crippen LogP contribution in [-0.2, 0) is 13.0 Å². The fraction of sp³-hybridized carbons (Fsp3) is 0.348. The molecule has 7 nitrogen and oxygen atoms in total. The second-order valence-electron chi connectivity index (χ2n) is 7.67. The van der Waals surface area contributed by atoms with Gasteiger partial charge in [-0.2, -0.15) is 4.98 Å². The van der Waals surface area contributed by atoms with Crippen molar-refractivity contribution < 1.29 is 4.52 Å². The first-order valence-electron chi connectivity index (χ1n) is 10.4. The van der Waals surface area contributed by atoms with E-state index in [0.29, 0.717) is 34.7 Å². The van der Waals surface area contributed by atoms with Gasteiger partial charge in [0, 0.05) is 12.1 Å². The number of rotatable bonds is 3. The maximum Gasteiger partial charge on any atom is 0.263 e. The third-order valence-corrected chi connectivity index (χ3v) is 6.06. The van der Waals surface area contributed by atoms with Crippen molar-refractivity contribution in [1.29, 1.82) is 0 Å². The zero-order valence-corrected chi connectivity index (χ0v) is 17.2. The Morgan fingerprint density at radius 1 is 1.13 bits per heavy atom. The standard InChI is InChI=1S/C21H17N5O2.C2H6/c1-11-6-7-22-19-16(11)21(27)26(10-23-19)9-15-24-20(25-28-15)18-14-8-12-4-2-3-5-13(12)17(14)18;1-2/h2-7,10,14,17-18H,8-9H2,1H3;1-2H3/t14-,17+,18+;/m1./s1. The summed E-state index contributed by atoms with van der Waals surface area (Å²) in [5, 5.41) is 4.73. The summed E-state index contributed by atoms with van der Waals surface area (Å²) in [7, 11) is 0. The Bertz CT molecular complexity index is 1290. The lowest BCUT2D eigenvalue weighted by molar-refractivity contribution is 0.364. The Hall–Kier alpha value is -3.35. The number of pyridine rings is 1. The molecule has 3 aromatic heterocycles. The van der Waals surface area contributed by atoms with Gasteiger partial charge in [0.25, 0.3) is 5.56 Å². The highest BCUT2D eigenvalue weighted by molar-refractivity contribution is 5.76. The van der Waals surface area contributed by atoms with Gasteiger partial charge in [-0.1, -0.05) is 43.3 Å². The van der Waals surface area contributed by atoms with Crippen molar-refractivity contribution in [3.63, 3.8) is 0 Å². The van der Waals surface area contributed by atoms with E-state index in [1.54, 1.807) is 6.20 Å². The minimum atomic E-state index is -0.146. The molecule has 0 saturated heterocycles. The molecule has 0 amide bonds. The predicted molar refractivity (Wildman–Crippen MR) is 112 cm³/mol. The molecule has 3 atom stereocenters. The van der Waals surface area contributed by atoms with E-state index >= 15 is 0 Å². The van der Waals surface area contributed by atoms with Gasteiger partial charge >= 0.3 is 0 Å². The van der Waals surface area contributed by atoms with Crippen molar-refractivity contribution >= 4 is 11.0 Å². The van der Waals surface area contributed by atoms with Crippen LogP contribution in [0.2, 0.25) is 0 Å². The summed E-state index contributed by atoms with van der Waals surface area (Å²) in [6.07, 6.45) is 4.22. The number of aromatic nitrogens is 5. The highest BCUT2D eigenvalue weighted by Gasteiger charge is 2.58. The van der Waals surface area contributed by atoms with Crippen LogP contribution < -0.4 is 5.56 Å². The Morgan fingerprint density at radius 2 is 1.97 bits per heavy atom. The zero-order chi connectivity index (χ0) is 20.8. The quantitative estimate of drug-likeness (QED) is 0.521. The summed E-state index contributed by atoms with van der Waals surface area (Å²) < 4.78 is 6.95. The fourth-order valence-electron chi connectivity index (χ4n) is 4.66. The van der Waals surface area contributed by atoms with E-state index < -0.39 is 0 Å². The van der Waals surface area contributed by atoms with Crippen LogP contribution in [0.15, 0.2) is 52.2 Å². The number of aryl methyl sites for hydroxylation is 1. The predicted octanol–water partition coefficient (Wildman–Crippen LogP) is 3.61. The van der Waals surface area contributed by atoms with E-state index in [9.17, 15) is 4.79 Å². The molecule has 1 saturated carbocycles. The van der Waals surface area contributed by atoms with E-state index in [-0.39, 0.29) is 12.1 Å². The number of fused-ring (bicyclic) bond motifs is 4. The van der Waals surface area contributed by atoms with Gasteiger partial charge in [0.05, 0.1) is 5.39 Å². The van der Waals surface area contributed by atoms with Crippen molar-refractivity contribution in [2.45, 2.75) is 45.6 Å². The molecule has 0 bridgehead atoms. The van der Waals surface area contributed by atoms with E-state index in [4.69, 9.17) is 4.52 Å². The van der Waals surface area contributed by atoms with Crippen LogP contribution in [0.4, 0.5) is 0 Å². The maximum atomic E-state index is 12.8. The number of nitrogens with zero attached hydrogens (tertiary/aromatic N) is 5. The lowest BCUT2D eigenvalue weighted by Gasteiger charge is -2.05. The van der Waals surface area contributed by atoms with E-state index in [2.05, 4.69) is 44.4 Å². The molecule has 0 N–H and O–H groups in total. The Balaban J connectivity index is 0.000000937. The highest BCUT2D eigenvalue weighted by Crippen LogP contribution is 2.65. The van der Waals surface area contributed by atoms with Crippen molar-refractivity contribution in [3.8, 4) is 0 Å². The maximum absolute atomic E-state index is 12.8. The van der Waals surface area contributed by atoms with Crippen LogP contribution in [0, 0.1) is 12.8 Å². The molecule has 0 aliphatic heterocycles. The first-order valence-corrected chi connectivity index (χ1v) is 10.4. The van der Waals surface area contributed by atoms with Crippen LogP contribution in [0.25, 0.3) is 11.0 Å². The minimum Gasteiger partial charge on any atom is -0.337 e. The molecular formula is C23H23N5O2. The van der Waals surface area contributed by atoms with Gasteiger partial charge < -0.3 is 4.52 Å². The smallest absolute Gasteiger partial charge is 0.263 e. The minimum absolute atomic E-state index is 0.146. The van der Waals surface area contributed by atoms with Crippen LogP contribution in [-0.4, -0.2) is 24.7 Å². The lowest BCUT2D eigenvalue weighted by atomic mass is 10.0. The molecule has 152 valence electrons. The molecule has 3 heterocycles. The summed E-state index contributed by atoms with van der Waals surface area (Å²) in [4.78, 5) is 25.8. The summed E-state index contributed by atoms with van der Waals surface area (Å²) >= 11 is 0. The first kappa shape index (κ1) is 18.7. The molecule has 1 fully saturated rings. The summed E-state index contributed by atoms with van der Waals surface area (Å²) in [6, 6.07) is 10.4. The Kier molecular flexibility index (Phi) is 4.46. The number of hydrogen-bond donors (Lipinski definition) is 0. The molecule has 7 heteroatoms. The lowest BCUT2D eigenvalue weighted by Crippen LogP contribution is -2.22. The van der Waals surface area contributed by atoms with Crippen LogP contribution in [0.1, 0.15) is 54.1 Å². The third kappa shape index (κ3) is 2.84. The first-order chi connectivity index (χ1) is 14.7. The van der Waals surface area contributed by atoms with E-state index in [0.717, 1.165) is 17.8 Å². The van der Waals surface area contributed by atoms with Gasteiger partial charge in [-0.3, -0.25) is 9.36 Å². The average molecular weight is 401 g/mol. The Morgan fingerprint density at radius 3 is 2.83 bits per heavy atom. The summed E-state index contributed by atoms with van der Waals surface area (Å²) in [6.45, 7) is 6.09. The van der Waals surface area contributed by atoms with E-state index in [1.807, 2.05) is 26.8 Å². The van der Waals surface area contributed by atoms with Crippen LogP contribution >= 0.6 is 0 Å². The fourth-order valence-corrected chi connectivity index (χ4v) is 4.66. The van der Waals surface area contributed by atoms with Crippen LogP contribution in [0.5, 0.6) is 0 Å². The molecule has 6 rings (SSSR count). The number of benzene rings is 1. The molecule has 4 aromatic rings. The topological polar surface area (TPSA) is 86.7 Å².